The highest BCUT2D eigenvalue weighted by molar-refractivity contribution is 6.01. The topological polar surface area (TPSA) is 72.8 Å². The van der Waals surface area contributed by atoms with Gasteiger partial charge >= 0.3 is 11.9 Å². The highest BCUT2D eigenvalue weighted by Gasteiger charge is 2.61. The number of hydrogen-bond acceptors (Lipinski definition) is 4. The van der Waals surface area contributed by atoms with Crippen molar-refractivity contribution < 1.29 is 24.2 Å². The van der Waals surface area contributed by atoms with E-state index in [1.807, 2.05) is 0 Å². The lowest BCUT2D eigenvalue weighted by Gasteiger charge is -2.25. The van der Waals surface area contributed by atoms with Gasteiger partial charge in [0.05, 0.1) is 13.2 Å². The average molecular weight is 198 g/mol. The van der Waals surface area contributed by atoms with Gasteiger partial charge in [-0.25, -0.2) is 0 Å². The summed E-state index contributed by atoms with van der Waals surface area (Å²) in [6, 6.07) is 0. The van der Waals surface area contributed by atoms with Gasteiger partial charge in [-0.15, -0.1) is 0 Å². The van der Waals surface area contributed by atoms with Crippen LogP contribution in [0.25, 0.3) is 0 Å². The van der Waals surface area contributed by atoms with Gasteiger partial charge < -0.3 is 14.6 Å². The van der Waals surface area contributed by atoms with E-state index in [9.17, 15) is 9.59 Å². The van der Waals surface area contributed by atoms with Crippen molar-refractivity contribution in [3.8, 4) is 0 Å². The number of aliphatic carboxylic acids is 1. The Balaban J connectivity index is 2.38. The first-order chi connectivity index (χ1) is 6.61. The van der Waals surface area contributed by atoms with E-state index in [4.69, 9.17) is 9.84 Å². The molecule has 2 aliphatic rings. The van der Waals surface area contributed by atoms with E-state index < -0.39 is 23.5 Å². The molecule has 1 N–H and O–H groups in total. The van der Waals surface area contributed by atoms with E-state index in [1.54, 1.807) is 12.2 Å². The Morgan fingerprint density at radius 3 is 2.64 bits per heavy atom. The number of rotatable bonds is 2. The first kappa shape index (κ1) is 9.21. The number of carbonyl (C=O) groups is 2. The Hall–Kier alpha value is -1.36. The van der Waals surface area contributed by atoms with Crippen molar-refractivity contribution in [2.45, 2.75) is 18.6 Å². The van der Waals surface area contributed by atoms with Crippen LogP contribution in [0.4, 0.5) is 0 Å². The summed E-state index contributed by atoms with van der Waals surface area (Å²) in [5.74, 6) is -1.91. The van der Waals surface area contributed by atoms with Gasteiger partial charge in [0.1, 0.15) is 6.10 Å². The Labute approximate surface area is 80.3 Å². The summed E-state index contributed by atoms with van der Waals surface area (Å²) in [5.41, 5.74) is -1.53. The van der Waals surface area contributed by atoms with Gasteiger partial charge in [0.15, 0.2) is 5.41 Å². The van der Waals surface area contributed by atoms with Crippen LogP contribution in [0.15, 0.2) is 12.2 Å². The third-order valence-electron chi connectivity index (χ3n) is 2.76. The van der Waals surface area contributed by atoms with Crippen LogP contribution >= 0.6 is 0 Å². The van der Waals surface area contributed by atoms with E-state index in [2.05, 4.69) is 4.74 Å². The number of hydrogen-bond donors (Lipinski definition) is 1. The number of methoxy groups -OCH3 is 1. The summed E-state index contributed by atoms with van der Waals surface area (Å²) < 4.78 is 9.80. The molecule has 2 aliphatic heterocycles. The molecule has 0 aliphatic carbocycles. The quantitative estimate of drug-likeness (QED) is 0.383. The van der Waals surface area contributed by atoms with Gasteiger partial charge in [-0.3, -0.25) is 9.59 Å². The smallest absolute Gasteiger partial charge is 0.326 e. The molecule has 0 aromatic carbocycles. The average Bonchev–Trinajstić information content (AvgIpc) is 2.75. The molecule has 0 spiro atoms. The number of ether oxygens (including phenoxy) is 2. The monoisotopic (exact) mass is 198 g/mol. The maximum Gasteiger partial charge on any atom is 0.326 e. The largest absolute Gasteiger partial charge is 0.480 e. The molecule has 2 rings (SSSR count). The molecule has 1 fully saturated rings. The second-order valence-corrected chi connectivity index (χ2v) is 3.45. The van der Waals surface area contributed by atoms with Crippen molar-refractivity contribution in [2.75, 3.05) is 7.11 Å². The Morgan fingerprint density at radius 2 is 2.29 bits per heavy atom. The minimum atomic E-state index is -1.53. The second kappa shape index (κ2) is 2.81. The van der Waals surface area contributed by atoms with Gasteiger partial charge in [-0.05, 0) is 0 Å². The van der Waals surface area contributed by atoms with Gasteiger partial charge in [-0.1, -0.05) is 12.2 Å². The molecule has 1 saturated heterocycles. The molecule has 0 saturated carbocycles. The maximum atomic E-state index is 11.5. The molecular weight excluding hydrogens is 188 g/mol. The van der Waals surface area contributed by atoms with Crippen LogP contribution < -0.4 is 0 Å². The van der Waals surface area contributed by atoms with E-state index >= 15 is 0 Å². The maximum absolute atomic E-state index is 11.5. The number of carboxylic acid groups (broad SMARTS) is 1. The highest BCUT2D eigenvalue weighted by Crippen LogP contribution is 2.45. The predicted molar refractivity (Wildman–Crippen MR) is 44.5 cm³/mol. The fraction of sp³-hybridized carbons (Fsp3) is 0.556. The molecule has 2 heterocycles. The number of esters is 1. The molecule has 5 heteroatoms. The predicted octanol–water partition coefficient (Wildman–Crippen LogP) is -0.0423. The van der Waals surface area contributed by atoms with Crippen LogP contribution in [-0.4, -0.2) is 36.4 Å². The number of fused-ring (bicyclic) bond motifs is 2. The van der Waals surface area contributed by atoms with E-state index in [0.717, 1.165) is 0 Å². The van der Waals surface area contributed by atoms with Crippen LogP contribution in [0.3, 0.4) is 0 Å². The van der Waals surface area contributed by atoms with Crippen LogP contribution in [0.5, 0.6) is 0 Å². The van der Waals surface area contributed by atoms with E-state index in [1.165, 1.54) is 7.11 Å². The first-order valence-electron chi connectivity index (χ1n) is 4.27. The Bertz CT molecular complexity index is 321. The zero-order chi connectivity index (χ0) is 10.3. The van der Waals surface area contributed by atoms with Crippen molar-refractivity contribution in [3.63, 3.8) is 0 Å². The van der Waals surface area contributed by atoms with Gasteiger partial charge in [0.2, 0.25) is 0 Å². The second-order valence-electron chi connectivity index (χ2n) is 3.45. The summed E-state index contributed by atoms with van der Waals surface area (Å²) in [6.07, 6.45) is 2.59. The molecule has 14 heavy (non-hydrogen) atoms. The first-order valence-corrected chi connectivity index (χ1v) is 4.27. The lowest BCUT2D eigenvalue weighted by atomic mass is 9.77. The van der Waals surface area contributed by atoms with Crippen LogP contribution in [0.1, 0.15) is 6.42 Å². The normalized spacial score (nSPS) is 38.6. The minimum absolute atomic E-state index is 0.163. The molecule has 0 aromatic rings. The lowest BCUT2D eigenvalue weighted by Crippen LogP contribution is -2.46. The molecule has 0 radical (unpaired) electrons. The fourth-order valence-electron chi connectivity index (χ4n) is 2.01. The fourth-order valence-corrected chi connectivity index (χ4v) is 2.01. The zero-order valence-corrected chi connectivity index (χ0v) is 7.60. The lowest BCUT2D eigenvalue weighted by molar-refractivity contribution is -0.169. The minimum Gasteiger partial charge on any atom is -0.480 e. The van der Waals surface area contributed by atoms with E-state index in [0.29, 0.717) is 0 Å². The molecule has 3 atom stereocenters. The summed E-state index contributed by atoms with van der Waals surface area (Å²) >= 11 is 0. The van der Waals surface area contributed by atoms with Gasteiger partial charge in [0, 0.05) is 6.42 Å². The number of carbonyl (C=O) groups excluding carboxylic acids is 1. The highest BCUT2D eigenvalue weighted by atomic mass is 16.5. The zero-order valence-electron chi connectivity index (χ0n) is 7.60. The van der Waals surface area contributed by atoms with Crippen LogP contribution in [-0.2, 0) is 19.1 Å². The standard InChI is InChI=1S/C9H10O5/c1-13-8(12)9(7(10)11)4-5-2-3-6(9)14-5/h2-3,5-6H,4H2,1H3,(H,10,11). The summed E-state index contributed by atoms with van der Waals surface area (Å²) in [4.78, 5) is 22.5. The van der Waals surface area contributed by atoms with Crippen LogP contribution in [0, 0.1) is 5.41 Å². The summed E-state index contributed by atoms with van der Waals surface area (Å²) in [5, 5.41) is 9.07. The SMILES string of the molecule is COC(=O)C1(C(=O)O)CC2C=CC1O2. The van der Waals surface area contributed by atoms with Gasteiger partial charge in [-0.2, -0.15) is 0 Å². The van der Waals surface area contributed by atoms with Crippen molar-refractivity contribution in [2.24, 2.45) is 5.41 Å². The Kier molecular flexibility index (Phi) is 1.85. The Morgan fingerprint density at radius 1 is 1.57 bits per heavy atom. The van der Waals surface area contributed by atoms with Crippen molar-refractivity contribution in [1.82, 2.24) is 0 Å². The van der Waals surface area contributed by atoms with Crippen molar-refractivity contribution >= 4 is 11.9 Å². The third kappa shape index (κ3) is 0.928. The summed E-state index contributed by atoms with van der Waals surface area (Å²) in [6.45, 7) is 0. The molecule has 0 amide bonds. The van der Waals surface area contributed by atoms with Crippen molar-refractivity contribution in [3.05, 3.63) is 12.2 Å². The third-order valence-corrected chi connectivity index (χ3v) is 2.76. The van der Waals surface area contributed by atoms with Gasteiger partial charge in [0.25, 0.3) is 0 Å². The molecule has 2 bridgehead atoms. The molecule has 3 unspecified atom stereocenters. The molecule has 76 valence electrons. The van der Waals surface area contributed by atoms with Crippen molar-refractivity contribution in [1.29, 1.82) is 0 Å². The number of carboxylic acids is 1. The van der Waals surface area contributed by atoms with E-state index in [-0.39, 0.29) is 12.5 Å². The molecule has 5 nitrogen and oxygen atoms in total. The summed E-state index contributed by atoms with van der Waals surface area (Å²) in [7, 11) is 1.18. The molecular formula is C9H10O5. The van der Waals surface area contributed by atoms with Crippen LogP contribution in [0.2, 0.25) is 0 Å². The molecule has 0 aromatic heterocycles.